The van der Waals surface area contributed by atoms with E-state index in [4.69, 9.17) is 5.11 Å². The Morgan fingerprint density at radius 2 is 1.78 bits per heavy atom. The predicted octanol–water partition coefficient (Wildman–Crippen LogP) is 2.39. The van der Waals surface area contributed by atoms with Crippen LogP contribution in [0.1, 0.15) is 37.8 Å². The van der Waals surface area contributed by atoms with Crippen LogP contribution >= 0.6 is 0 Å². The number of amides is 1. The molecule has 1 amide bonds. The van der Waals surface area contributed by atoms with Crippen molar-refractivity contribution in [1.82, 2.24) is 9.80 Å². The molecule has 0 aliphatic carbocycles. The lowest BCUT2D eigenvalue weighted by Gasteiger charge is -2.35. The van der Waals surface area contributed by atoms with Gasteiger partial charge in [-0.15, -0.1) is 0 Å². The van der Waals surface area contributed by atoms with Crippen LogP contribution in [0.25, 0.3) is 0 Å². The largest absolute Gasteiger partial charge is 0.481 e. The van der Waals surface area contributed by atoms with Gasteiger partial charge in [0.25, 0.3) is 0 Å². The van der Waals surface area contributed by atoms with Gasteiger partial charge < -0.3 is 10.0 Å². The molecule has 1 aromatic rings. The van der Waals surface area contributed by atoms with E-state index in [0.29, 0.717) is 6.54 Å². The van der Waals surface area contributed by atoms with Crippen LogP contribution < -0.4 is 0 Å². The number of benzene rings is 1. The molecule has 0 spiro atoms. The summed E-state index contributed by atoms with van der Waals surface area (Å²) in [5, 5.41) is 9.15. The van der Waals surface area contributed by atoms with Crippen molar-refractivity contribution in [3.63, 3.8) is 0 Å². The molecule has 1 aromatic carbocycles. The number of rotatable bonds is 6. The maximum Gasteiger partial charge on any atom is 0.307 e. The molecule has 23 heavy (non-hydrogen) atoms. The second-order valence-corrected chi connectivity index (χ2v) is 6.38. The second kappa shape index (κ2) is 8.11. The normalized spacial score (nSPS) is 17.8. The van der Waals surface area contributed by atoms with E-state index in [9.17, 15) is 9.59 Å². The van der Waals surface area contributed by atoms with Gasteiger partial charge in [0.15, 0.2) is 0 Å². The molecule has 1 aliphatic heterocycles. The number of nitrogens with zero attached hydrogens (tertiary/aromatic N) is 2. The number of aliphatic carboxylic acids is 1. The molecular formula is C18H26N2O3. The molecule has 2 atom stereocenters. The van der Waals surface area contributed by atoms with Crippen molar-refractivity contribution in [2.24, 2.45) is 5.92 Å². The van der Waals surface area contributed by atoms with Gasteiger partial charge in [-0.1, -0.05) is 37.3 Å². The zero-order valence-corrected chi connectivity index (χ0v) is 13.9. The molecule has 0 radical (unpaired) electrons. The Bertz CT molecular complexity index is 526. The fourth-order valence-corrected chi connectivity index (χ4v) is 3.12. The smallest absolute Gasteiger partial charge is 0.307 e. The SMILES string of the molecule is CC(CN(C)C(C(=O)N1CCCCC1)c1ccccc1)C(=O)O. The molecule has 1 aliphatic rings. The summed E-state index contributed by atoms with van der Waals surface area (Å²) in [4.78, 5) is 28.0. The third-order valence-corrected chi connectivity index (χ3v) is 4.44. The van der Waals surface area contributed by atoms with Gasteiger partial charge in [0, 0.05) is 19.6 Å². The molecule has 1 fully saturated rings. The van der Waals surface area contributed by atoms with E-state index in [1.807, 2.05) is 47.2 Å². The Labute approximate surface area is 137 Å². The van der Waals surface area contributed by atoms with Gasteiger partial charge in [-0.05, 0) is 31.9 Å². The van der Waals surface area contributed by atoms with E-state index >= 15 is 0 Å². The zero-order chi connectivity index (χ0) is 16.8. The maximum atomic E-state index is 13.0. The van der Waals surface area contributed by atoms with Gasteiger partial charge in [0.05, 0.1) is 5.92 Å². The first-order chi connectivity index (χ1) is 11.0. The summed E-state index contributed by atoms with van der Waals surface area (Å²) in [5.41, 5.74) is 0.920. The quantitative estimate of drug-likeness (QED) is 0.875. The number of hydrogen-bond acceptors (Lipinski definition) is 3. The molecule has 126 valence electrons. The number of carbonyl (C=O) groups is 2. The summed E-state index contributed by atoms with van der Waals surface area (Å²) in [6.07, 6.45) is 3.26. The molecule has 1 N–H and O–H groups in total. The summed E-state index contributed by atoms with van der Waals surface area (Å²) in [5.74, 6) is -1.27. The van der Waals surface area contributed by atoms with Gasteiger partial charge in [0.1, 0.15) is 6.04 Å². The van der Waals surface area contributed by atoms with Gasteiger partial charge in [0.2, 0.25) is 5.91 Å². The summed E-state index contributed by atoms with van der Waals surface area (Å²) in [7, 11) is 1.83. The topological polar surface area (TPSA) is 60.9 Å². The van der Waals surface area contributed by atoms with Crippen molar-refractivity contribution in [3.05, 3.63) is 35.9 Å². The minimum atomic E-state index is -0.839. The van der Waals surface area contributed by atoms with E-state index < -0.39 is 17.9 Å². The van der Waals surface area contributed by atoms with Crippen LogP contribution in [0.3, 0.4) is 0 Å². The highest BCUT2D eigenvalue weighted by Gasteiger charge is 2.31. The van der Waals surface area contributed by atoms with Crippen molar-refractivity contribution < 1.29 is 14.7 Å². The number of likely N-dealkylation sites (tertiary alicyclic amines) is 1. The molecule has 1 saturated heterocycles. The third kappa shape index (κ3) is 4.55. The van der Waals surface area contributed by atoms with E-state index in [1.165, 1.54) is 6.42 Å². The van der Waals surface area contributed by atoms with E-state index in [2.05, 4.69) is 0 Å². The summed E-state index contributed by atoms with van der Waals surface area (Å²) in [6.45, 7) is 3.61. The lowest BCUT2D eigenvalue weighted by molar-refractivity contribution is -0.144. The highest BCUT2D eigenvalue weighted by Crippen LogP contribution is 2.24. The van der Waals surface area contributed by atoms with Crippen LogP contribution in [-0.2, 0) is 9.59 Å². The Balaban J connectivity index is 2.21. The standard InChI is InChI=1S/C18H26N2O3/c1-14(18(22)23)13-19(2)16(15-9-5-3-6-10-15)17(21)20-11-7-4-8-12-20/h3,5-6,9-10,14,16H,4,7-8,11-13H2,1-2H3,(H,22,23). The highest BCUT2D eigenvalue weighted by atomic mass is 16.4. The zero-order valence-electron chi connectivity index (χ0n) is 13.9. The Hall–Kier alpha value is -1.88. The first kappa shape index (κ1) is 17.5. The van der Waals surface area contributed by atoms with Crippen LogP contribution in [0.15, 0.2) is 30.3 Å². The van der Waals surface area contributed by atoms with Crippen LogP contribution in [0.4, 0.5) is 0 Å². The Morgan fingerprint density at radius 1 is 1.17 bits per heavy atom. The molecule has 2 rings (SSSR count). The summed E-state index contributed by atoms with van der Waals surface area (Å²) in [6, 6.07) is 9.21. The molecule has 0 aromatic heterocycles. The van der Waals surface area contributed by atoms with E-state index in [1.54, 1.807) is 6.92 Å². The minimum Gasteiger partial charge on any atom is -0.481 e. The highest BCUT2D eigenvalue weighted by molar-refractivity contribution is 5.83. The average Bonchev–Trinajstić information content (AvgIpc) is 2.56. The molecule has 0 bridgehead atoms. The van der Waals surface area contributed by atoms with Crippen molar-refractivity contribution in [3.8, 4) is 0 Å². The van der Waals surface area contributed by atoms with Crippen LogP contribution in [0.2, 0.25) is 0 Å². The number of hydrogen-bond donors (Lipinski definition) is 1. The third-order valence-electron chi connectivity index (χ3n) is 4.44. The van der Waals surface area contributed by atoms with Crippen molar-refractivity contribution >= 4 is 11.9 Å². The van der Waals surface area contributed by atoms with Crippen molar-refractivity contribution in [1.29, 1.82) is 0 Å². The molecule has 0 saturated carbocycles. The van der Waals surface area contributed by atoms with Gasteiger partial charge >= 0.3 is 5.97 Å². The summed E-state index contributed by atoms with van der Waals surface area (Å²) < 4.78 is 0. The number of piperidine rings is 1. The number of likely N-dealkylation sites (N-methyl/N-ethyl adjacent to an activating group) is 1. The van der Waals surface area contributed by atoms with Crippen LogP contribution in [0, 0.1) is 5.92 Å². The molecule has 1 heterocycles. The van der Waals surface area contributed by atoms with Gasteiger partial charge in [-0.2, -0.15) is 0 Å². The van der Waals surface area contributed by atoms with Crippen molar-refractivity contribution in [2.75, 3.05) is 26.7 Å². The monoisotopic (exact) mass is 318 g/mol. The molecule has 5 heteroatoms. The lowest BCUT2D eigenvalue weighted by Crippen LogP contribution is -2.45. The Morgan fingerprint density at radius 3 is 2.35 bits per heavy atom. The number of carbonyl (C=O) groups excluding carboxylic acids is 1. The van der Waals surface area contributed by atoms with E-state index in [0.717, 1.165) is 31.5 Å². The fraction of sp³-hybridized carbons (Fsp3) is 0.556. The molecular weight excluding hydrogens is 292 g/mol. The second-order valence-electron chi connectivity index (χ2n) is 6.38. The summed E-state index contributed by atoms with van der Waals surface area (Å²) >= 11 is 0. The maximum absolute atomic E-state index is 13.0. The van der Waals surface area contributed by atoms with Gasteiger partial charge in [-0.25, -0.2) is 0 Å². The van der Waals surface area contributed by atoms with Crippen LogP contribution in [0.5, 0.6) is 0 Å². The lowest BCUT2D eigenvalue weighted by atomic mass is 10.0. The molecule has 2 unspecified atom stereocenters. The van der Waals surface area contributed by atoms with E-state index in [-0.39, 0.29) is 5.91 Å². The number of carboxylic acids is 1. The predicted molar refractivity (Wildman–Crippen MR) is 89.0 cm³/mol. The van der Waals surface area contributed by atoms with Crippen LogP contribution in [-0.4, -0.2) is 53.5 Å². The van der Waals surface area contributed by atoms with Gasteiger partial charge in [-0.3, -0.25) is 14.5 Å². The Kier molecular flexibility index (Phi) is 6.16. The first-order valence-corrected chi connectivity index (χ1v) is 8.27. The first-order valence-electron chi connectivity index (χ1n) is 8.27. The van der Waals surface area contributed by atoms with Crippen molar-refractivity contribution in [2.45, 2.75) is 32.2 Å². The average molecular weight is 318 g/mol. The number of carboxylic acid groups (broad SMARTS) is 1. The fourth-order valence-electron chi connectivity index (χ4n) is 3.12. The minimum absolute atomic E-state index is 0.0796. The molecule has 5 nitrogen and oxygen atoms in total.